The fourth-order valence-electron chi connectivity index (χ4n) is 3.02. The summed E-state index contributed by atoms with van der Waals surface area (Å²) in [6.07, 6.45) is 9.72. The number of amides is 1. The number of halogens is 1. The fraction of sp³-hybridized carbons (Fsp3) is 0.333. The van der Waals surface area contributed by atoms with E-state index in [0.717, 1.165) is 23.4 Å². The second kappa shape index (κ2) is 10.8. The molecule has 0 aliphatic heterocycles. The minimum Gasteiger partial charge on any atom is -0.312 e. The van der Waals surface area contributed by atoms with E-state index in [1.165, 1.54) is 11.1 Å². The van der Waals surface area contributed by atoms with Gasteiger partial charge in [0, 0.05) is 30.5 Å². The highest BCUT2D eigenvalue weighted by Gasteiger charge is 2.17. The van der Waals surface area contributed by atoms with E-state index < -0.39 is 0 Å². The van der Waals surface area contributed by atoms with E-state index in [-0.39, 0.29) is 5.91 Å². The Kier molecular flexibility index (Phi) is 8.46. The summed E-state index contributed by atoms with van der Waals surface area (Å²) in [4.78, 5) is 19.4. The summed E-state index contributed by atoms with van der Waals surface area (Å²) in [7, 11) is 0. The van der Waals surface area contributed by atoms with Gasteiger partial charge in [-0.2, -0.15) is 0 Å². The number of anilines is 1. The molecule has 0 unspecified atom stereocenters. The molecule has 0 bridgehead atoms. The number of hydrogen-bond acceptors (Lipinski definition) is 2. The molecule has 2 aromatic rings. The van der Waals surface area contributed by atoms with Gasteiger partial charge in [-0.25, -0.2) is 0 Å². The molecular weight excluding hydrogens is 368 g/mol. The third-order valence-corrected chi connectivity index (χ3v) is 4.91. The third-order valence-electron chi connectivity index (χ3n) is 4.69. The Morgan fingerprint density at radius 1 is 1.18 bits per heavy atom. The van der Waals surface area contributed by atoms with Crippen LogP contribution >= 0.6 is 11.6 Å². The van der Waals surface area contributed by atoms with Crippen molar-refractivity contribution in [3.8, 4) is 0 Å². The van der Waals surface area contributed by atoms with Crippen LogP contribution < -0.4 is 4.90 Å². The van der Waals surface area contributed by atoms with Crippen molar-refractivity contribution in [1.29, 1.82) is 0 Å². The lowest BCUT2D eigenvalue weighted by atomic mass is 10.1. The largest absolute Gasteiger partial charge is 0.312 e. The van der Waals surface area contributed by atoms with Gasteiger partial charge in [-0.3, -0.25) is 9.78 Å². The number of carbonyl (C=O) groups is 1. The maximum absolute atomic E-state index is 13.2. The first-order valence-corrected chi connectivity index (χ1v) is 10.1. The number of hydrogen-bond donors (Lipinski definition) is 0. The van der Waals surface area contributed by atoms with Gasteiger partial charge in [-0.1, -0.05) is 42.8 Å². The highest BCUT2D eigenvalue weighted by atomic mass is 35.5. The smallest absolute Gasteiger partial charge is 0.231 e. The van der Waals surface area contributed by atoms with Gasteiger partial charge in [-0.15, -0.1) is 0 Å². The first-order chi connectivity index (χ1) is 13.4. The van der Waals surface area contributed by atoms with Crippen molar-refractivity contribution < 1.29 is 4.79 Å². The van der Waals surface area contributed by atoms with E-state index in [1.54, 1.807) is 6.20 Å². The molecule has 1 aromatic heterocycles. The lowest BCUT2D eigenvalue weighted by molar-refractivity contribution is -0.117. The lowest BCUT2D eigenvalue weighted by Crippen LogP contribution is -2.33. The van der Waals surface area contributed by atoms with Gasteiger partial charge in [0.15, 0.2) is 0 Å². The molecule has 0 aliphatic carbocycles. The van der Waals surface area contributed by atoms with Gasteiger partial charge in [-0.05, 0) is 68.2 Å². The normalized spacial score (nSPS) is 11.8. The Morgan fingerprint density at radius 3 is 2.57 bits per heavy atom. The van der Waals surface area contributed by atoms with E-state index in [1.807, 2.05) is 42.2 Å². The molecule has 0 aliphatic rings. The van der Waals surface area contributed by atoms with E-state index in [0.29, 0.717) is 24.4 Å². The molecule has 0 N–H and O–H groups in total. The van der Waals surface area contributed by atoms with Crippen LogP contribution in [0.5, 0.6) is 0 Å². The number of benzene rings is 1. The third kappa shape index (κ3) is 6.35. The van der Waals surface area contributed by atoms with Crippen molar-refractivity contribution in [2.45, 2.75) is 47.0 Å². The zero-order valence-electron chi connectivity index (χ0n) is 17.2. The number of nitrogens with zero attached hydrogens (tertiary/aromatic N) is 2. The molecular formula is C24H29ClN2O. The van der Waals surface area contributed by atoms with Crippen LogP contribution in [0, 0.1) is 13.8 Å². The molecule has 0 spiro atoms. The summed E-state index contributed by atoms with van der Waals surface area (Å²) < 4.78 is 0. The molecule has 28 heavy (non-hydrogen) atoms. The summed E-state index contributed by atoms with van der Waals surface area (Å²) in [5.74, 6) is 0.0926. The number of aryl methyl sites for hydroxylation is 2. The molecule has 2 rings (SSSR count). The van der Waals surface area contributed by atoms with Gasteiger partial charge >= 0.3 is 0 Å². The zero-order valence-corrected chi connectivity index (χ0v) is 18.0. The van der Waals surface area contributed by atoms with E-state index in [2.05, 4.69) is 44.0 Å². The summed E-state index contributed by atoms with van der Waals surface area (Å²) in [6.45, 7) is 8.79. The number of allylic oxidation sites excluding steroid dienone is 3. The fourth-order valence-corrected chi connectivity index (χ4v) is 3.13. The molecule has 1 amide bonds. The number of carbonyl (C=O) groups excluding carboxylic acids is 1. The van der Waals surface area contributed by atoms with Crippen LogP contribution in [0.3, 0.4) is 0 Å². The number of aromatic nitrogens is 1. The molecule has 1 aromatic carbocycles. The predicted molar refractivity (Wildman–Crippen MR) is 119 cm³/mol. The summed E-state index contributed by atoms with van der Waals surface area (Å²) >= 11 is 5.93. The van der Waals surface area contributed by atoms with Gasteiger partial charge in [0.1, 0.15) is 0 Å². The van der Waals surface area contributed by atoms with Gasteiger partial charge in [0.05, 0.1) is 11.4 Å². The van der Waals surface area contributed by atoms with Crippen LogP contribution in [0.2, 0.25) is 5.02 Å². The SMILES string of the molecule is C/C=C\C(=C/CC)CC(=O)N(CCc1ccc(Cl)cn1)c1ccc(C)c(C)c1. The van der Waals surface area contributed by atoms with Crippen LogP contribution in [0.15, 0.2) is 60.3 Å². The Labute approximate surface area is 173 Å². The summed E-state index contributed by atoms with van der Waals surface area (Å²) in [5, 5.41) is 0.617. The van der Waals surface area contributed by atoms with Gasteiger partial charge < -0.3 is 4.90 Å². The molecule has 0 radical (unpaired) electrons. The molecule has 0 atom stereocenters. The van der Waals surface area contributed by atoms with Crippen LogP contribution in [-0.4, -0.2) is 17.4 Å². The van der Waals surface area contributed by atoms with Crippen LogP contribution in [0.4, 0.5) is 5.69 Å². The number of rotatable bonds is 8. The monoisotopic (exact) mass is 396 g/mol. The topological polar surface area (TPSA) is 33.2 Å². The van der Waals surface area contributed by atoms with Crippen molar-refractivity contribution >= 4 is 23.2 Å². The first-order valence-electron chi connectivity index (χ1n) is 9.74. The minimum absolute atomic E-state index is 0.0926. The highest BCUT2D eigenvalue weighted by molar-refractivity contribution is 6.30. The maximum atomic E-state index is 13.2. The Balaban J connectivity index is 2.26. The van der Waals surface area contributed by atoms with Crippen molar-refractivity contribution in [1.82, 2.24) is 4.98 Å². The van der Waals surface area contributed by atoms with E-state index in [9.17, 15) is 4.79 Å². The van der Waals surface area contributed by atoms with Crippen molar-refractivity contribution in [3.05, 3.63) is 82.2 Å². The van der Waals surface area contributed by atoms with Crippen molar-refractivity contribution in [3.63, 3.8) is 0 Å². The van der Waals surface area contributed by atoms with Gasteiger partial charge in [0.25, 0.3) is 0 Å². The maximum Gasteiger partial charge on any atom is 0.231 e. The summed E-state index contributed by atoms with van der Waals surface area (Å²) in [6, 6.07) is 9.92. The quantitative estimate of drug-likeness (QED) is 0.495. The number of pyridine rings is 1. The molecule has 4 heteroatoms. The minimum atomic E-state index is 0.0926. The second-order valence-corrected chi connectivity index (χ2v) is 7.33. The molecule has 0 fully saturated rings. The molecule has 3 nitrogen and oxygen atoms in total. The van der Waals surface area contributed by atoms with Crippen molar-refractivity contribution in [2.24, 2.45) is 0 Å². The predicted octanol–water partition coefficient (Wildman–Crippen LogP) is 6.23. The van der Waals surface area contributed by atoms with Crippen LogP contribution in [0.1, 0.15) is 43.5 Å². The van der Waals surface area contributed by atoms with E-state index in [4.69, 9.17) is 11.6 Å². The zero-order chi connectivity index (χ0) is 20.5. The highest BCUT2D eigenvalue weighted by Crippen LogP contribution is 2.22. The average Bonchev–Trinajstić information content (AvgIpc) is 2.66. The summed E-state index contributed by atoms with van der Waals surface area (Å²) in [5.41, 5.74) is 5.30. The Morgan fingerprint density at radius 2 is 1.96 bits per heavy atom. The van der Waals surface area contributed by atoms with E-state index >= 15 is 0 Å². The molecule has 0 saturated heterocycles. The Hall–Kier alpha value is -2.39. The van der Waals surface area contributed by atoms with Crippen molar-refractivity contribution in [2.75, 3.05) is 11.4 Å². The Bertz CT molecular complexity index is 853. The molecule has 1 heterocycles. The first kappa shape index (κ1) is 21.9. The average molecular weight is 397 g/mol. The lowest BCUT2D eigenvalue weighted by Gasteiger charge is -2.24. The standard InChI is InChI=1S/C24H29ClN2O/c1-5-7-20(8-6-2)16-24(28)27(23-12-9-18(3)19(4)15-23)14-13-22-11-10-21(25)17-26-22/h5,7-12,15,17H,6,13-14,16H2,1-4H3/b7-5-,20-8+. The van der Waals surface area contributed by atoms with Crippen LogP contribution in [-0.2, 0) is 11.2 Å². The molecule has 148 valence electrons. The second-order valence-electron chi connectivity index (χ2n) is 6.90. The van der Waals surface area contributed by atoms with Crippen LogP contribution in [0.25, 0.3) is 0 Å². The molecule has 0 saturated carbocycles. The van der Waals surface area contributed by atoms with Gasteiger partial charge in [0.2, 0.25) is 5.91 Å².